The summed E-state index contributed by atoms with van der Waals surface area (Å²) in [5, 5.41) is 8.92. The van der Waals surface area contributed by atoms with Gasteiger partial charge in [0.25, 0.3) is 0 Å². The fraction of sp³-hybridized carbons (Fsp3) is 0.562. The van der Waals surface area contributed by atoms with Crippen molar-refractivity contribution in [3.63, 3.8) is 0 Å². The molecule has 1 aliphatic carbocycles. The predicted octanol–water partition coefficient (Wildman–Crippen LogP) is 3.49. The zero-order chi connectivity index (χ0) is 15.0. The first kappa shape index (κ1) is 15.1. The molecule has 3 nitrogen and oxygen atoms in total. The molecule has 108 valence electrons. The van der Waals surface area contributed by atoms with Crippen LogP contribution in [0.2, 0.25) is 0 Å². The van der Waals surface area contributed by atoms with Crippen molar-refractivity contribution in [1.29, 1.82) is 5.26 Å². The largest absolute Gasteiger partial charge is 0.223 e. The van der Waals surface area contributed by atoms with E-state index in [-0.39, 0.29) is 5.92 Å². The van der Waals surface area contributed by atoms with Gasteiger partial charge in [-0.25, -0.2) is 8.42 Å². The third-order valence-corrected chi connectivity index (χ3v) is 6.93. The molecule has 3 atom stereocenters. The minimum absolute atomic E-state index is 0.0784. The van der Waals surface area contributed by atoms with E-state index < -0.39 is 20.5 Å². The molecule has 0 amide bonds. The van der Waals surface area contributed by atoms with Crippen LogP contribution in [0.25, 0.3) is 0 Å². The van der Waals surface area contributed by atoms with Gasteiger partial charge in [0.15, 0.2) is 9.84 Å². The number of unbranched alkanes of at least 4 members (excludes halogenated alkanes) is 1. The second-order valence-corrected chi connectivity index (χ2v) is 7.89. The fourth-order valence-electron chi connectivity index (χ4n) is 3.07. The molecule has 0 spiro atoms. The molecule has 4 heteroatoms. The lowest BCUT2D eigenvalue weighted by molar-refractivity contribution is 0.514. The zero-order valence-electron chi connectivity index (χ0n) is 12.3. The van der Waals surface area contributed by atoms with E-state index in [0.29, 0.717) is 11.3 Å². The molecule has 0 aromatic heterocycles. The summed E-state index contributed by atoms with van der Waals surface area (Å²) in [5.74, 6) is -0.0784. The van der Waals surface area contributed by atoms with E-state index in [4.69, 9.17) is 0 Å². The Bertz CT molecular complexity index is 627. The minimum atomic E-state index is -3.40. The Kier molecular flexibility index (Phi) is 3.93. The van der Waals surface area contributed by atoms with Crippen molar-refractivity contribution in [3.05, 3.63) is 29.8 Å². The highest BCUT2D eigenvalue weighted by Crippen LogP contribution is 2.60. The van der Waals surface area contributed by atoms with Gasteiger partial charge in [-0.15, -0.1) is 0 Å². The Morgan fingerprint density at radius 3 is 2.40 bits per heavy atom. The minimum Gasteiger partial charge on any atom is -0.223 e. The highest BCUT2D eigenvalue weighted by atomic mass is 32.2. The molecule has 1 aromatic rings. The van der Waals surface area contributed by atoms with Crippen LogP contribution in [-0.2, 0) is 9.84 Å². The summed E-state index contributed by atoms with van der Waals surface area (Å²) >= 11 is 0. The van der Waals surface area contributed by atoms with E-state index in [2.05, 4.69) is 13.0 Å². The van der Waals surface area contributed by atoms with Gasteiger partial charge in [0, 0.05) is 0 Å². The molecule has 1 fully saturated rings. The Morgan fingerprint density at radius 2 is 1.90 bits per heavy atom. The standard InChI is InChI=1S/C16H21NO2S/c1-4-5-10-16(11-17)13(3)15(16)20(18,19)14-8-6-12(2)7-9-14/h6-9,13,15H,4-5,10H2,1-3H3/t13-,15-,16+/m0/s1. The highest BCUT2D eigenvalue weighted by molar-refractivity contribution is 7.92. The SMILES string of the molecule is CCCC[C@@]1(C#N)[C@@H](C)[C@@H]1S(=O)(=O)c1ccc(C)cc1. The van der Waals surface area contributed by atoms with Crippen LogP contribution in [0.5, 0.6) is 0 Å². The van der Waals surface area contributed by atoms with Crippen LogP contribution in [0.3, 0.4) is 0 Å². The molecular formula is C16H21NO2S. The molecule has 0 heterocycles. The van der Waals surface area contributed by atoms with Crippen LogP contribution in [-0.4, -0.2) is 13.7 Å². The zero-order valence-corrected chi connectivity index (χ0v) is 13.1. The van der Waals surface area contributed by atoms with E-state index in [1.165, 1.54) is 0 Å². The maximum absolute atomic E-state index is 12.7. The van der Waals surface area contributed by atoms with Crippen molar-refractivity contribution in [2.75, 3.05) is 0 Å². The Labute approximate surface area is 121 Å². The van der Waals surface area contributed by atoms with Crippen LogP contribution in [0.15, 0.2) is 29.2 Å². The molecule has 1 aliphatic rings. The van der Waals surface area contributed by atoms with Crippen molar-refractivity contribution >= 4 is 9.84 Å². The second kappa shape index (κ2) is 5.21. The normalized spacial score (nSPS) is 28.9. The summed E-state index contributed by atoms with van der Waals surface area (Å²) < 4.78 is 25.4. The topological polar surface area (TPSA) is 57.9 Å². The lowest BCUT2D eigenvalue weighted by atomic mass is 9.99. The predicted molar refractivity (Wildman–Crippen MR) is 78.9 cm³/mol. The van der Waals surface area contributed by atoms with Gasteiger partial charge < -0.3 is 0 Å². The van der Waals surface area contributed by atoms with E-state index in [1.807, 2.05) is 13.8 Å². The molecule has 0 unspecified atom stereocenters. The van der Waals surface area contributed by atoms with E-state index in [9.17, 15) is 13.7 Å². The lowest BCUT2D eigenvalue weighted by Gasteiger charge is -2.09. The van der Waals surface area contributed by atoms with Crippen LogP contribution < -0.4 is 0 Å². The Hall–Kier alpha value is -1.34. The van der Waals surface area contributed by atoms with E-state index in [0.717, 1.165) is 18.4 Å². The van der Waals surface area contributed by atoms with Gasteiger partial charge >= 0.3 is 0 Å². The number of nitrogens with zero attached hydrogens (tertiary/aromatic N) is 1. The lowest BCUT2D eigenvalue weighted by Crippen LogP contribution is -2.15. The maximum atomic E-state index is 12.7. The number of hydrogen-bond acceptors (Lipinski definition) is 3. The maximum Gasteiger partial charge on any atom is 0.183 e. The van der Waals surface area contributed by atoms with Crippen molar-refractivity contribution < 1.29 is 8.42 Å². The molecule has 0 N–H and O–H groups in total. The monoisotopic (exact) mass is 291 g/mol. The summed E-state index contributed by atoms with van der Waals surface area (Å²) in [6, 6.07) is 9.21. The van der Waals surface area contributed by atoms with Crippen molar-refractivity contribution in [3.8, 4) is 6.07 Å². The summed E-state index contributed by atoms with van der Waals surface area (Å²) in [4.78, 5) is 0.341. The van der Waals surface area contributed by atoms with Crippen molar-refractivity contribution in [1.82, 2.24) is 0 Å². The molecule has 0 radical (unpaired) electrons. The fourth-order valence-corrected chi connectivity index (χ4v) is 5.52. The molecule has 0 aliphatic heterocycles. The van der Waals surface area contributed by atoms with Crippen molar-refractivity contribution in [2.24, 2.45) is 11.3 Å². The third-order valence-electron chi connectivity index (χ3n) is 4.50. The van der Waals surface area contributed by atoms with Gasteiger partial charge in [-0.3, -0.25) is 0 Å². The average molecular weight is 291 g/mol. The van der Waals surface area contributed by atoms with Gasteiger partial charge in [0.05, 0.1) is 21.6 Å². The van der Waals surface area contributed by atoms with Crippen LogP contribution in [0.4, 0.5) is 0 Å². The van der Waals surface area contributed by atoms with E-state index >= 15 is 0 Å². The van der Waals surface area contributed by atoms with Crippen LogP contribution in [0, 0.1) is 29.6 Å². The van der Waals surface area contributed by atoms with Gasteiger partial charge in [-0.05, 0) is 31.4 Å². The summed E-state index contributed by atoms with van der Waals surface area (Å²) in [5.41, 5.74) is 0.352. The Balaban J connectivity index is 2.32. The molecule has 0 saturated heterocycles. The van der Waals surface area contributed by atoms with Gasteiger partial charge in [0.1, 0.15) is 0 Å². The van der Waals surface area contributed by atoms with Crippen LogP contribution >= 0.6 is 0 Å². The smallest absolute Gasteiger partial charge is 0.183 e. The third kappa shape index (κ3) is 2.25. The summed E-state index contributed by atoms with van der Waals surface area (Å²) in [7, 11) is -3.40. The summed E-state index contributed by atoms with van der Waals surface area (Å²) in [6.07, 6.45) is 2.56. The average Bonchev–Trinajstić information content (AvgIpc) is 3.03. The molecule has 1 saturated carbocycles. The van der Waals surface area contributed by atoms with Crippen LogP contribution in [0.1, 0.15) is 38.7 Å². The van der Waals surface area contributed by atoms with Gasteiger partial charge in [-0.2, -0.15) is 5.26 Å². The van der Waals surface area contributed by atoms with Gasteiger partial charge in [0.2, 0.25) is 0 Å². The molecule has 0 bridgehead atoms. The highest BCUT2D eigenvalue weighted by Gasteiger charge is 2.68. The molecule has 20 heavy (non-hydrogen) atoms. The van der Waals surface area contributed by atoms with E-state index in [1.54, 1.807) is 24.3 Å². The molecular weight excluding hydrogens is 270 g/mol. The number of aryl methyl sites for hydroxylation is 1. The number of rotatable bonds is 5. The number of hydrogen-bond donors (Lipinski definition) is 0. The second-order valence-electron chi connectivity index (χ2n) is 5.82. The molecule has 2 rings (SSSR count). The molecule has 1 aromatic carbocycles. The summed E-state index contributed by atoms with van der Waals surface area (Å²) in [6.45, 7) is 5.87. The first-order valence-electron chi connectivity index (χ1n) is 7.12. The number of sulfone groups is 1. The van der Waals surface area contributed by atoms with Gasteiger partial charge in [-0.1, -0.05) is 44.4 Å². The number of benzene rings is 1. The Morgan fingerprint density at radius 1 is 1.30 bits per heavy atom. The quantitative estimate of drug-likeness (QED) is 0.834. The number of nitriles is 1. The van der Waals surface area contributed by atoms with Crippen molar-refractivity contribution in [2.45, 2.75) is 50.2 Å². The first-order valence-corrected chi connectivity index (χ1v) is 8.66. The first-order chi connectivity index (χ1) is 9.40.